The van der Waals surface area contributed by atoms with E-state index < -0.39 is 0 Å². The molecule has 0 saturated carbocycles. The molecule has 1 heterocycles. The first kappa shape index (κ1) is 22.4. The van der Waals surface area contributed by atoms with E-state index in [0.717, 1.165) is 42.1 Å². The summed E-state index contributed by atoms with van der Waals surface area (Å²) < 4.78 is 0. The quantitative estimate of drug-likeness (QED) is 0.158. The standard InChI is InChI=1S/C24H22N4OS3/c1-3-13(6-12(2)25)23-26-18-5-4-14(9-19(18)27-23)24(29)28-20-10-16(30)7-15-8-17(31)11-21(32)22(15)20/h3-11,30-32H,25H2,1-2H3,(H,26,27)(H,28,29)/b12-6+,13-3+. The molecule has 1 amide bonds. The molecular formula is C24H22N4OS3. The van der Waals surface area contributed by atoms with Crippen molar-refractivity contribution in [2.75, 3.05) is 5.32 Å². The van der Waals surface area contributed by atoms with Gasteiger partial charge in [-0.25, -0.2) is 4.98 Å². The number of hydrogen-bond donors (Lipinski definition) is 6. The molecule has 8 heteroatoms. The number of allylic oxidation sites excluding steroid dienone is 4. The van der Waals surface area contributed by atoms with Gasteiger partial charge in [0, 0.05) is 36.9 Å². The number of carbonyl (C=O) groups is 1. The second kappa shape index (κ2) is 8.97. The van der Waals surface area contributed by atoms with Crippen LogP contribution in [0.5, 0.6) is 0 Å². The predicted molar refractivity (Wildman–Crippen MR) is 141 cm³/mol. The van der Waals surface area contributed by atoms with Gasteiger partial charge in [-0.05, 0) is 67.8 Å². The van der Waals surface area contributed by atoms with Gasteiger partial charge in [0.05, 0.1) is 16.7 Å². The topological polar surface area (TPSA) is 83.8 Å². The summed E-state index contributed by atoms with van der Waals surface area (Å²) in [7, 11) is 0. The molecule has 4 rings (SSSR count). The van der Waals surface area contributed by atoms with Gasteiger partial charge in [0.2, 0.25) is 0 Å². The van der Waals surface area contributed by atoms with E-state index in [4.69, 9.17) is 5.73 Å². The zero-order chi connectivity index (χ0) is 23.0. The molecule has 0 atom stereocenters. The third kappa shape index (κ3) is 4.53. The lowest BCUT2D eigenvalue weighted by molar-refractivity contribution is 0.102. The van der Waals surface area contributed by atoms with Gasteiger partial charge in [-0.2, -0.15) is 0 Å². The van der Waals surface area contributed by atoms with Crippen LogP contribution in [0.3, 0.4) is 0 Å². The number of H-pyrrole nitrogens is 1. The minimum atomic E-state index is -0.241. The van der Waals surface area contributed by atoms with Gasteiger partial charge in [0.1, 0.15) is 5.82 Å². The normalized spacial score (nSPS) is 12.5. The van der Waals surface area contributed by atoms with E-state index in [1.807, 2.05) is 56.3 Å². The molecule has 0 bridgehead atoms. The maximum Gasteiger partial charge on any atom is 0.255 e. The summed E-state index contributed by atoms with van der Waals surface area (Å²) >= 11 is 13.5. The van der Waals surface area contributed by atoms with Crippen LogP contribution in [0.15, 0.2) is 75.0 Å². The Morgan fingerprint density at radius 3 is 2.50 bits per heavy atom. The fourth-order valence-electron chi connectivity index (χ4n) is 3.58. The number of fused-ring (bicyclic) bond motifs is 2. The van der Waals surface area contributed by atoms with E-state index in [0.29, 0.717) is 22.8 Å². The third-order valence-electron chi connectivity index (χ3n) is 4.96. The molecule has 0 aliphatic carbocycles. The molecular weight excluding hydrogens is 456 g/mol. The summed E-state index contributed by atoms with van der Waals surface area (Å²) in [5, 5.41) is 4.74. The van der Waals surface area contributed by atoms with Crippen LogP contribution < -0.4 is 11.1 Å². The molecule has 0 radical (unpaired) electrons. The lowest BCUT2D eigenvalue weighted by Crippen LogP contribution is -2.12. The molecule has 4 aromatic rings. The average Bonchev–Trinajstić information content (AvgIpc) is 3.13. The largest absolute Gasteiger partial charge is 0.402 e. The van der Waals surface area contributed by atoms with Gasteiger partial charge < -0.3 is 16.0 Å². The van der Waals surface area contributed by atoms with E-state index in [2.05, 4.69) is 53.2 Å². The highest BCUT2D eigenvalue weighted by atomic mass is 32.1. The highest BCUT2D eigenvalue weighted by Crippen LogP contribution is 2.34. The smallest absolute Gasteiger partial charge is 0.255 e. The number of nitrogens with two attached hydrogens (primary N) is 1. The monoisotopic (exact) mass is 478 g/mol. The Hall–Kier alpha value is -2.81. The first-order valence-corrected chi connectivity index (χ1v) is 11.2. The van der Waals surface area contributed by atoms with Crippen LogP contribution in [0.1, 0.15) is 30.0 Å². The number of hydrogen-bond acceptors (Lipinski definition) is 6. The van der Waals surface area contributed by atoms with Crippen molar-refractivity contribution < 1.29 is 4.79 Å². The van der Waals surface area contributed by atoms with Crippen molar-refractivity contribution in [1.29, 1.82) is 0 Å². The average molecular weight is 479 g/mol. The Balaban J connectivity index is 1.70. The van der Waals surface area contributed by atoms with Crippen molar-refractivity contribution in [1.82, 2.24) is 9.97 Å². The van der Waals surface area contributed by atoms with E-state index in [-0.39, 0.29) is 5.91 Å². The number of thiol groups is 3. The van der Waals surface area contributed by atoms with E-state index >= 15 is 0 Å². The lowest BCUT2D eigenvalue weighted by atomic mass is 10.1. The molecule has 0 unspecified atom stereocenters. The van der Waals surface area contributed by atoms with Gasteiger partial charge in [0.15, 0.2) is 0 Å². The second-order valence-electron chi connectivity index (χ2n) is 7.46. The van der Waals surface area contributed by atoms with Crippen LogP contribution in [0, 0.1) is 0 Å². The fraction of sp³-hybridized carbons (Fsp3) is 0.0833. The Kier molecular flexibility index (Phi) is 6.28. The summed E-state index contributed by atoms with van der Waals surface area (Å²) in [4.78, 5) is 23.2. The number of nitrogens with zero attached hydrogens (tertiary/aromatic N) is 1. The van der Waals surface area contributed by atoms with Gasteiger partial charge in [-0.1, -0.05) is 6.08 Å². The number of amides is 1. The van der Waals surface area contributed by atoms with Crippen molar-refractivity contribution in [2.45, 2.75) is 28.5 Å². The molecule has 1 aromatic heterocycles. The van der Waals surface area contributed by atoms with Crippen LogP contribution in [-0.2, 0) is 0 Å². The van der Waals surface area contributed by atoms with Crippen molar-refractivity contribution in [3.63, 3.8) is 0 Å². The molecule has 4 N–H and O–H groups in total. The first-order valence-electron chi connectivity index (χ1n) is 9.85. The maximum atomic E-state index is 13.1. The number of carbonyl (C=O) groups excluding carboxylic acids is 1. The van der Waals surface area contributed by atoms with Gasteiger partial charge in [0.25, 0.3) is 5.91 Å². The number of nitrogens with one attached hydrogen (secondary N) is 2. The fourth-order valence-corrected chi connectivity index (χ4v) is 4.60. The molecule has 0 aliphatic rings. The second-order valence-corrected chi connectivity index (χ2v) is 8.97. The Labute approximate surface area is 202 Å². The maximum absolute atomic E-state index is 13.1. The summed E-state index contributed by atoms with van der Waals surface area (Å²) in [5.74, 6) is 0.454. The Morgan fingerprint density at radius 2 is 1.81 bits per heavy atom. The highest BCUT2D eigenvalue weighted by Gasteiger charge is 2.14. The zero-order valence-corrected chi connectivity index (χ0v) is 20.2. The zero-order valence-electron chi connectivity index (χ0n) is 17.5. The van der Waals surface area contributed by atoms with E-state index in [1.165, 1.54) is 0 Å². The lowest BCUT2D eigenvalue weighted by Gasteiger charge is -2.12. The molecule has 5 nitrogen and oxygen atoms in total. The molecule has 0 saturated heterocycles. The van der Waals surface area contributed by atoms with Crippen LogP contribution in [0.25, 0.3) is 27.4 Å². The highest BCUT2D eigenvalue weighted by molar-refractivity contribution is 7.81. The van der Waals surface area contributed by atoms with Gasteiger partial charge in [-0.15, -0.1) is 37.9 Å². The SMILES string of the molecule is C/C=C(\C=C(/C)N)c1nc2ccc(C(=O)Nc3cc(S)cc4cc(S)cc(S)c34)cc2[nH]1. The van der Waals surface area contributed by atoms with Crippen molar-refractivity contribution in [3.8, 4) is 0 Å². The summed E-state index contributed by atoms with van der Waals surface area (Å²) in [6.07, 6.45) is 3.79. The molecule has 0 spiro atoms. The van der Waals surface area contributed by atoms with Gasteiger partial charge >= 0.3 is 0 Å². The minimum absolute atomic E-state index is 0.241. The number of imidazole rings is 1. The summed E-state index contributed by atoms with van der Waals surface area (Å²) in [6, 6.07) is 12.9. The van der Waals surface area contributed by atoms with Crippen LogP contribution >= 0.6 is 37.9 Å². The van der Waals surface area contributed by atoms with Crippen LogP contribution in [-0.4, -0.2) is 15.9 Å². The first-order chi connectivity index (χ1) is 15.2. The van der Waals surface area contributed by atoms with Crippen LogP contribution in [0.4, 0.5) is 5.69 Å². The predicted octanol–water partition coefficient (Wildman–Crippen LogP) is 6.10. The van der Waals surface area contributed by atoms with E-state index in [9.17, 15) is 4.79 Å². The molecule has 0 fully saturated rings. The number of anilines is 1. The Morgan fingerprint density at radius 1 is 1.09 bits per heavy atom. The van der Waals surface area contributed by atoms with Gasteiger partial charge in [-0.3, -0.25) is 4.79 Å². The number of benzene rings is 3. The summed E-state index contributed by atoms with van der Waals surface area (Å²) in [5.41, 5.74) is 10.1. The molecule has 3 aromatic carbocycles. The number of aromatic amines is 1. The minimum Gasteiger partial charge on any atom is -0.402 e. The van der Waals surface area contributed by atoms with Crippen molar-refractivity contribution >= 4 is 76.9 Å². The van der Waals surface area contributed by atoms with Crippen LogP contribution in [0.2, 0.25) is 0 Å². The van der Waals surface area contributed by atoms with Crippen molar-refractivity contribution in [3.05, 3.63) is 71.7 Å². The molecule has 0 aliphatic heterocycles. The Bertz CT molecular complexity index is 1430. The molecule has 162 valence electrons. The number of rotatable bonds is 4. The molecule has 32 heavy (non-hydrogen) atoms. The van der Waals surface area contributed by atoms with Crippen molar-refractivity contribution in [2.24, 2.45) is 5.73 Å². The number of aromatic nitrogens is 2. The summed E-state index contributed by atoms with van der Waals surface area (Å²) in [6.45, 7) is 3.75. The van der Waals surface area contributed by atoms with E-state index in [1.54, 1.807) is 12.1 Å². The third-order valence-corrected chi connectivity index (χ3v) is 5.83.